The number of carbonyl (C=O) groups excluding carboxylic acids is 2. The monoisotopic (exact) mass is 487 g/mol. The zero-order valence-electron chi connectivity index (χ0n) is 18.7. The smallest absolute Gasteiger partial charge is 0.234 e. The number of nitrogens with zero attached hydrogens (tertiary/aromatic N) is 4. The Morgan fingerprint density at radius 3 is 2.49 bits per heavy atom. The van der Waals surface area contributed by atoms with E-state index in [1.807, 2.05) is 53.1 Å². The van der Waals surface area contributed by atoms with Crippen LogP contribution in [-0.4, -0.2) is 38.9 Å². The van der Waals surface area contributed by atoms with Crippen LogP contribution in [0, 0.1) is 5.82 Å². The SMILES string of the molecule is O=C(CSc1nnc(-c2ccc(F)cc2)n1-c1ccccc1)Nc1cccc(N2CCCC2=O)c1. The van der Waals surface area contributed by atoms with Crippen LogP contribution in [0.15, 0.2) is 84.0 Å². The van der Waals surface area contributed by atoms with E-state index >= 15 is 0 Å². The summed E-state index contributed by atoms with van der Waals surface area (Å²) in [6.45, 7) is 0.692. The van der Waals surface area contributed by atoms with Crippen molar-refractivity contribution in [3.8, 4) is 17.1 Å². The molecule has 0 unspecified atom stereocenters. The fourth-order valence-corrected chi connectivity index (χ4v) is 4.71. The van der Waals surface area contributed by atoms with Gasteiger partial charge in [-0.15, -0.1) is 10.2 Å². The van der Waals surface area contributed by atoms with Crippen molar-refractivity contribution < 1.29 is 14.0 Å². The summed E-state index contributed by atoms with van der Waals surface area (Å²) in [5.74, 6) is 0.236. The molecule has 0 radical (unpaired) electrons. The highest BCUT2D eigenvalue weighted by atomic mass is 32.2. The minimum absolute atomic E-state index is 0.0984. The standard InChI is InChI=1S/C26H22FN5O2S/c27-19-13-11-18(12-14-19)25-29-30-26(32(25)21-7-2-1-3-8-21)35-17-23(33)28-20-6-4-9-22(16-20)31-15-5-10-24(31)34/h1-4,6-9,11-14,16H,5,10,15,17H2,(H,28,33). The van der Waals surface area contributed by atoms with Crippen molar-refractivity contribution in [1.29, 1.82) is 0 Å². The fourth-order valence-electron chi connectivity index (χ4n) is 3.96. The summed E-state index contributed by atoms with van der Waals surface area (Å²) < 4.78 is 15.3. The molecule has 0 spiro atoms. The molecule has 1 aromatic heterocycles. The molecule has 0 aliphatic carbocycles. The zero-order chi connectivity index (χ0) is 24.2. The van der Waals surface area contributed by atoms with Crippen molar-refractivity contribution in [2.24, 2.45) is 0 Å². The molecule has 2 amide bonds. The van der Waals surface area contributed by atoms with E-state index < -0.39 is 0 Å². The average molecular weight is 488 g/mol. The second-order valence-electron chi connectivity index (χ2n) is 8.02. The highest BCUT2D eigenvalue weighted by Gasteiger charge is 2.22. The van der Waals surface area contributed by atoms with Gasteiger partial charge in [-0.05, 0) is 61.0 Å². The average Bonchev–Trinajstić information content (AvgIpc) is 3.50. The molecule has 1 aliphatic rings. The Kier molecular flexibility index (Phi) is 6.58. The highest BCUT2D eigenvalue weighted by Crippen LogP contribution is 2.29. The number of aromatic nitrogens is 3. The van der Waals surface area contributed by atoms with E-state index in [9.17, 15) is 14.0 Å². The van der Waals surface area contributed by atoms with Crippen LogP contribution in [0.3, 0.4) is 0 Å². The number of hydrogen-bond acceptors (Lipinski definition) is 5. The zero-order valence-corrected chi connectivity index (χ0v) is 19.5. The molecular formula is C26H22FN5O2S. The Morgan fingerprint density at radius 1 is 0.971 bits per heavy atom. The number of para-hydroxylation sites is 1. The van der Waals surface area contributed by atoms with Crippen molar-refractivity contribution in [2.75, 3.05) is 22.5 Å². The van der Waals surface area contributed by atoms with Gasteiger partial charge in [-0.25, -0.2) is 4.39 Å². The normalized spacial score (nSPS) is 13.3. The molecule has 3 aromatic carbocycles. The summed E-state index contributed by atoms with van der Waals surface area (Å²) in [5, 5.41) is 12.1. The van der Waals surface area contributed by atoms with Crippen molar-refractivity contribution >= 4 is 35.0 Å². The Morgan fingerprint density at radius 2 is 1.74 bits per heavy atom. The van der Waals surface area contributed by atoms with Gasteiger partial charge in [0.2, 0.25) is 11.8 Å². The van der Waals surface area contributed by atoms with Crippen molar-refractivity contribution in [1.82, 2.24) is 14.8 Å². The van der Waals surface area contributed by atoms with Crippen LogP contribution in [0.4, 0.5) is 15.8 Å². The summed E-state index contributed by atoms with van der Waals surface area (Å²) >= 11 is 1.26. The maximum Gasteiger partial charge on any atom is 0.234 e. The number of nitrogens with one attached hydrogen (secondary N) is 1. The fraction of sp³-hybridized carbons (Fsp3) is 0.154. The minimum Gasteiger partial charge on any atom is -0.325 e. The van der Waals surface area contributed by atoms with E-state index in [-0.39, 0.29) is 23.4 Å². The Labute approximate surface area is 206 Å². The van der Waals surface area contributed by atoms with Crippen LogP contribution in [0.1, 0.15) is 12.8 Å². The number of carbonyl (C=O) groups is 2. The molecule has 176 valence electrons. The van der Waals surface area contributed by atoms with E-state index in [0.29, 0.717) is 35.2 Å². The van der Waals surface area contributed by atoms with Gasteiger partial charge >= 0.3 is 0 Å². The third-order valence-electron chi connectivity index (χ3n) is 5.60. The molecular weight excluding hydrogens is 465 g/mol. The van der Waals surface area contributed by atoms with Gasteiger partial charge in [0.1, 0.15) is 5.82 Å². The van der Waals surface area contributed by atoms with Gasteiger partial charge in [-0.2, -0.15) is 0 Å². The van der Waals surface area contributed by atoms with Gasteiger partial charge in [0, 0.05) is 35.6 Å². The third-order valence-corrected chi connectivity index (χ3v) is 6.53. The first-order valence-corrected chi connectivity index (χ1v) is 12.2. The summed E-state index contributed by atoms with van der Waals surface area (Å²) in [5.41, 5.74) is 2.96. The van der Waals surface area contributed by atoms with Gasteiger partial charge in [0.05, 0.1) is 5.75 Å². The summed E-state index contributed by atoms with van der Waals surface area (Å²) in [6, 6.07) is 22.9. The van der Waals surface area contributed by atoms with Crippen LogP contribution in [0.2, 0.25) is 0 Å². The molecule has 1 aliphatic heterocycles. The van der Waals surface area contributed by atoms with Gasteiger partial charge in [0.25, 0.3) is 0 Å². The van der Waals surface area contributed by atoms with Gasteiger partial charge in [-0.3, -0.25) is 14.2 Å². The second-order valence-corrected chi connectivity index (χ2v) is 8.96. The number of amides is 2. The quantitative estimate of drug-likeness (QED) is 0.374. The summed E-state index contributed by atoms with van der Waals surface area (Å²) in [4.78, 5) is 26.5. The predicted molar refractivity (Wildman–Crippen MR) is 134 cm³/mol. The Bertz CT molecular complexity index is 1360. The van der Waals surface area contributed by atoms with Crippen LogP contribution >= 0.6 is 11.8 Å². The Balaban J connectivity index is 1.33. The van der Waals surface area contributed by atoms with Crippen molar-refractivity contribution in [2.45, 2.75) is 18.0 Å². The molecule has 4 aromatic rings. The van der Waals surface area contributed by atoms with E-state index in [0.717, 1.165) is 17.8 Å². The van der Waals surface area contributed by atoms with E-state index in [1.165, 1.54) is 23.9 Å². The molecule has 5 rings (SSSR count). The van der Waals surface area contributed by atoms with Crippen LogP contribution < -0.4 is 10.2 Å². The molecule has 1 saturated heterocycles. The van der Waals surface area contributed by atoms with Crippen LogP contribution in [0.5, 0.6) is 0 Å². The number of halogens is 1. The third kappa shape index (κ3) is 5.09. The lowest BCUT2D eigenvalue weighted by Crippen LogP contribution is -2.23. The van der Waals surface area contributed by atoms with E-state index in [1.54, 1.807) is 23.1 Å². The molecule has 35 heavy (non-hydrogen) atoms. The largest absolute Gasteiger partial charge is 0.325 e. The number of rotatable bonds is 7. The summed E-state index contributed by atoms with van der Waals surface area (Å²) in [7, 11) is 0. The maximum atomic E-state index is 13.4. The molecule has 0 atom stereocenters. The van der Waals surface area contributed by atoms with E-state index in [4.69, 9.17) is 0 Å². The van der Waals surface area contributed by atoms with Crippen molar-refractivity contribution in [3.63, 3.8) is 0 Å². The lowest BCUT2D eigenvalue weighted by atomic mass is 10.2. The number of thioether (sulfide) groups is 1. The van der Waals surface area contributed by atoms with Gasteiger partial charge in [-0.1, -0.05) is 36.0 Å². The molecule has 2 heterocycles. The highest BCUT2D eigenvalue weighted by molar-refractivity contribution is 7.99. The molecule has 0 bridgehead atoms. The molecule has 1 N–H and O–H groups in total. The maximum absolute atomic E-state index is 13.4. The lowest BCUT2D eigenvalue weighted by molar-refractivity contribution is -0.117. The number of hydrogen-bond donors (Lipinski definition) is 1. The van der Waals surface area contributed by atoms with Crippen molar-refractivity contribution in [3.05, 3.63) is 84.7 Å². The number of benzene rings is 3. The number of anilines is 2. The molecule has 0 saturated carbocycles. The first-order chi connectivity index (χ1) is 17.1. The molecule has 7 nitrogen and oxygen atoms in total. The molecule has 9 heteroatoms. The molecule has 1 fully saturated rings. The van der Waals surface area contributed by atoms with Crippen LogP contribution in [0.25, 0.3) is 17.1 Å². The minimum atomic E-state index is -0.330. The Hall–Kier alpha value is -3.98. The first-order valence-electron chi connectivity index (χ1n) is 11.2. The summed E-state index contributed by atoms with van der Waals surface area (Å²) in [6.07, 6.45) is 1.39. The van der Waals surface area contributed by atoms with Gasteiger partial charge < -0.3 is 10.2 Å². The van der Waals surface area contributed by atoms with E-state index in [2.05, 4.69) is 15.5 Å². The van der Waals surface area contributed by atoms with Crippen LogP contribution in [-0.2, 0) is 9.59 Å². The van der Waals surface area contributed by atoms with Gasteiger partial charge in [0.15, 0.2) is 11.0 Å². The second kappa shape index (κ2) is 10.1. The topological polar surface area (TPSA) is 80.1 Å². The predicted octanol–water partition coefficient (Wildman–Crippen LogP) is 4.93. The lowest BCUT2D eigenvalue weighted by Gasteiger charge is -2.16. The first kappa shape index (κ1) is 22.8.